The van der Waals surface area contributed by atoms with Gasteiger partial charge in [0, 0.05) is 5.41 Å². The lowest BCUT2D eigenvalue weighted by Gasteiger charge is -2.29. The maximum atomic E-state index is 10.7. The van der Waals surface area contributed by atoms with Crippen molar-refractivity contribution in [3.8, 4) is 0 Å². The highest BCUT2D eigenvalue weighted by Crippen LogP contribution is 2.33. The van der Waals surface area contributed by atoms with E-state index >= 15 is 0 Å². The molecule has 0 aliphatic heterocycles. The highest BCUT2D eigenvalue weighted by molar-refractivity contribution is 5.38. The molecule has 3 heteroatoms. The van der Waals surface area contributed by atoms with E-state index in [9.17, 15) is 9.90 Å². The molecule has 2 rings (SSSR count). The summed E-state index contributed by atoms with van der Waals surface area (Å²) >= 11 is 0. The smallest absolute Gasteiger partial charge is 0.293 e. The standard InChI is InChI=1S/C31H46O3/c1-4-30(2,27-17-9-5-10-18-27)23-15-7-13-21-29(33)22-14-8-16-24-31(3,25-34-26-32)28-19-11-6-12-20-28/h5-6,9-12,17-20,26,29,33H,4,7-8,13-16,21-25H2,1-3H3. The van der Waals surface area contributed by atoms with Crippen molar-refractivity contribution in [1.29, 1.82) is 0 Å². The molecular weight excluding hydrogens is 420 g/mol. The fourth-order valence-corrected chi connectivity index (χ4v) is 5.01. The second kappa shape index (κ2) is 15.0. The molecule has 0 saturated heterocycles. The third-order valence-electron chi connectivity index (χ3n) is 7.72. The molecular formula is C31H46O3. The highest BCUT2D eigenvalue weighted by atomic mass is 16.5. The average molecular weight is 467 g/mol. The van der Waals surface area contributed by atoms with E-state index in [-0.39, 0.29) is 16.9 Å². The SMILES string of the molecule is CCC(C)(CCCCCC(O)CCCCCC(C)(COC=O)c1ccccc1)c1ccccc1. The molecule has 0 spiro atoms. The molecule has 3 nitrogen and oxygen atoms in total. The average Bonchev–Trinajstić information content (AvgIpc) is 2.88. The predicted octanol–water partition coefficient (Wildman–Crippen LogP) is 7.75. The maximum absolute atomic E-state index is 10.7. The zero-order valence-electron chi connectivity index (χ0n) is 21.7. The number of ether oxygens (including phenoxy) is 1. The number of hydrogen-bond donors (Lipinski definition) is 1. The lowest BCUT2D eigenvalue weighted by molar-refractivity contribution is -0.130. The topological polar surface area (TPSA) is 46.5 Å². The van der Waals surface area contributed by atoms with Crippen molar-refractivity contribution in [2.45, 2.75) is 108 Å². The summed E-state index contributed by atoms with van der Waals surface area (Å²) < 4.78 is 5.15. The molecule has 1 N–H and O–H groups in total. The van der Waals surface area contributed by atoms with Crippen molar-refractivity contribution >= 4 is 6.47 Å². The Morgan fingerprint density at radius 2 is 1.24 bits per heavy atom. The van der Waals surface area contributed by atoms with Crippen molar-refractivity contribution in [1.82, 2.24) is 0 Å². The first-order valence-electron chi connectivity index (χ1n) is 13.3. The summed E-state index contributed by atoms with van der Waals surface area (Å²) in [6, 6.07) is 21.2. The van der Waals surface area contributed by atoms with E-state index in [1.54, 1.807) is 0 Å². The molecule has 188 valence electrons. The summed E-state index contributed by atoms with van der Waals surface area (Å²) in [5.74, 6) is 0. The fourth-order valence-electron chi connectivity index (χ4n) is 5.01. The lowest BCUT2D eigenvalue weighted by atomic mass is 9.76. The summed E-state index contributed by atoms with van der Waals surface area (Å²) in [5, 5.41) is 10.4. The van der Waals surface area contributed by atoms with Gasteiger partial charge in [0.2, 0.25) is 0 Å². The summed E-state index contributed by atoms with van der Waals surface area (Å²) in [6.45, 7) is 7.79. The van der Waals surface area contributed by atoms with Gasteiger partial charge in [0.05, 0.1) is 6.10 Å². The van der Waals surface area contributed by atoms with E-state index in [1.165, 1.54) is 30.4 Å². The van der Waals surface area contributed by atoms with Gasteiger partial charge in [-0.3, -0.25) is 4.79 Å². The van der Waals surface area contributed by atoms with Crippen LogP contribution in [0.25, 0.3) is 0 Å². The molecule has 0 fully saturated rings. The van der Waals surface area contributed by atoms with Gasteiger partial charge < -0.3 is 9.84 Å². The maximum Gasteiger partial charge on any atom is 0.293 e. The van der Waals surface area contributed by atoms with E-state index in [0.29, 0.717) is 13.1 Å². The molecule has 0 heterocycles. The van der Waals surface area contributed by atoms with Gasteiger partial charge in [-0.1, -0.05) is 120 Å². The van der Waals surface area contributed by atoms with Crippen LogP contribution in [0.5, 0.6) is 0 Å². The molecule has 0 radical (unpaired) electrons. The number of rotatable bonds is 18. The van der Waals surface area contributed by atoms with E-state index < -0.39 is 0 Å². The first-order chi connectivity index (χ1) is 16.4. The quantitative estimate of drug-likeness (QED) is 0.180. The van der Waals surface area contributed by atoms with Crippen LogP contribution in [0.15, 0.2) is 60.7 Å². The molecule has 0 amide bonds. The van der Waals surface area contributed by atoms with Gasteiger partial charge >= 0.3 is 0 Å². The molecule has 0 aromatic heterocycles. The molecule has 2 aromatic rings. The van der Waals surface area contributed by atoms with Crippen LogP contribution in [-0.4, -0.2) is 24.3 Å². The van der Waals surface area contributed by atoms with Crippen LogP contribution < -0.4 is 0 Å². The third-order valence-corrected chi connectivity index (χ3v) is 7.72. The summed E-state index contributed by atoms with van der Waals surface area (Å²) in [6.07, 6.45) is 11.6. The number of benzene rings is 2. The predicted molar refractivity (Wildman–Crippen MR) is 142 cm³/mol. The molecule has 0 aliphatic rings. The van der Waals surface area contributed by atoms with Crippen molar-refractivity contribution < 1.29 is 14.6 Å². The summed E-state index contributed by atoms with van der Waals surface area (Å²) in [4.78, 5) is 10.7. The Hall–Kier alpha value is -2.13. The molecule has 2 aromatic carbocycles. The van der Waals surface area contributed by atoms with Crippen molar-refractivity contribution in [3.63, 3.8) is 0 Å². The van der Waals surface area contributed by atoms with E-state index in [1.807, 2.05) is 18.2 Å². The Morgan fingerprint density at radius 3 is 1.71 bits per heavy atom. The van der Waals surface area contributed by atoms with Crippen LogP contribution in [-0.2, 0) is 20.4 Å². The number of unbranched alkanes of at least 4 members (excludes halogenated alkanes) is 4. The zero-order chi connectivity index (χ0) is 24.7. The number of carbonyl (C=O) groups is 1. The van der Waals surface area contributed by atoms with Crippen molar-refractivity contribution in [3.05, 3.63) is 71.8 Å². The molecule has 34 heavy (non-hydrogen) atoms. The van der Waals surface area contributed by atoms with Gasteiger partial charge in [0.1, 0.15) is 6.61 Å². The second-order valence-corrected chi connectivity index (χ2v) is 10.5. The van der Waals surface area contributed by atoms with Crippen molar-refractivity contribution in [2.75, 3.05) is 6.61 Å². The Kier molecular flexibility index (Phi) is 12.4. The van der Waals surface area contributed by atoms with Crippen LogP contribution in [0.4, 0.5) is 0 Å². The largest absolute Gasteiger partial charge is 0.467 e. The monoisotopic (exact) mass is 466 g/mol. The zero-order valence-corrected chi connectivity index (χ0v) is 21.7. The normalized spacial score (nSPS) is 15.8. The fraction of sp³-hybridized carbons (Fsp3) is 0.581. The van der Waals surface area contributed by atoms with E-state index in [4.69, 9.17) is 4.74 Å². The minimum absolute atomic E-state index is 0.159. The summed E-state index contributed by atoms with van der Waals surface area (Å²) in [5.41, 5.74) is 2.75. The first-order valence-corrected chi connectivity index (χ1v) is 13.3. The van der Waals surface area contributed by atoms with Gasteiger partial charge in [-0.2, -0.15) is 0 Å². The number of aliphatic hydroxyl groups is 1. The third kappa shape index (κ3) is 9.25. The Bertz CT molecular complexity index is 791. The van der Waals surface area contributed by atoms with Crippen LogP contribution >= 0.6 is 0 Å². The second-order valence-electron chi connectivity index (χ2n) is 10.5. The molecule has 3 unspecified atom stereocenters. The molecule has 0 saturated carbocycles. The van der Waals surface area contributed by atoms with Crippen LogP contribution in [0.3, 0.4) is 0 Å². The minimum Gasteiger partial charge on any atom is -0.467 e. The Balaban J connectivity index is 1.61. The minimum atomic E-state index is -0.189. The molecule has 0 aliphatic carbocycles. The van der Waals surface area contributed by atoms with Gasteiger partial charge in [0.25, 0.3) is 6.47 Å². The summed E-state index contributed by atoms with van der Waals surface area (Å²) in [7, 11) is 0. The van der Waals surface area contributed by atoms with Crippen molar-refractivity contribution in [2.24, 2.45) is 0 Å². The Labute approximate surface area is 207 Å². The van der Waals surface area contributed by atoms with Gasteiger partial charge in [-0.05, 0) is 48.6 Å². The van der Waals surface area contributed by atoms with E-state index in [2.05, 4.69) is 63.2 Å². The molecule has 3 atom stereocenters. The van der Waals surface area contributed by atoms with Crippen LogP contribution in [0.2, 0.25) is 0 Å². The lowest BCUT2D eigenvalue weighted by Crippen LogP contribution is -2.28. The van der Waals surface area contributed by atoms with Crippen LogP contribution in [0, 0.1) is 0 Å². The first kappa shape index (κ1) is 28.1. The van der Waals surface area contributed by atoms with Gasteiger partial charge in [-0.25, -0.2) is 0 Å². The Morgan fingerprint density at radius 1 is 0.765 bits per heavy atom. The number of hydrogen-bond acceptors (Lipinski definition) is 3. The number of carbonyl (C=O) groups excluding carboxylic acids is 1. The van der Waals surface area contributed by atoms with E-state index in [0.717, 1.165) is 51.4 Å². The molecule has 0 bridgehead atoms. The number of aliphatic hydroxyl groups excluding tert-OH is 1. The van der Waals surface area contributed by atoms with Gasteiger partial charge in [0.15, 0.2) is 0 Å². The van der Waals surface area contributed by atoms with Gasteiger partial charge in [-0.15, -0.1) is 0 Å². The van der Waals surface area contributed by atoms with Crippen LogP contribution in [0.1, 0.15) is 103 Å². The highest BCUT2D eigenvalue weighted by Gasteiger charge is 2.27.